The first-order valence-electron chi connectivity index (χ1n) is 8.84. The Morgan fingerprint density at radius 3 is 2.60 bits per heavy atom. The van der Waals surface area contributed by atoms with Crippen LogP contribution in [0.15, 0.2) is 30.9 Å². The van der Waals surface area contributed by atoms with Crippen LogP contribution in [0.5, 0.6) is 5.88 Å². The molecule has 2 aromatic heterocycles. The second-order valence-corrected chi connectivity index (χ2v) is 7.22. The number of alkyl halides is 3. The Kier molecular flexibility index (Phi) is 5.30. The molecule has 1 fully saturated rings. The number of benzene rings is 1. The minimum absolute atomic E-state index is 0.0794. The molecule has 1 aliphatic heterocycles. The Hall–Kier alpha value is -2.47. The summed E-state index contributed by atoms with van der Waals surface area (Å²) in [5.41, 5.74) is 0.0301. The first-order chi connectivity index (χ1) is 14.2. The fourth-order valence-electron chi connectivity index (χ4n) is 3.17. The van der Waals surface area contributed by atoms with Crippen molar-refractivity contribution in [2.45, 2.75) is 44.2 Å². The molecular weight excluding hydrogens is 429 g/mol. The second-order valence-electron chi connectivity index (χ2n) is 6.81. The number of aromatic nitrogens is 4. The van der Waals surface area contributed by atoms with Gasteiger partial charge in [0.25, 0.3) is 0 Å². The van der Waals surface area contributed by atoms with E-state index in [0.29, 0.717) is 11.2 Å². The van der Waals surface area contributed by atoms with E-state index in [1.54, 1.807) is 6.92 Å². The highest BCUT2D eigenvalue weighted by molar-refractivity contribution is 6.31. The molecule has 0 amide bonds. The van der Waals surface area contributed by atoms with Crippen LogP contribution in [0.3, 0.4) is 0 Å². The molecule has 160 valence electrons. The average molecular weight is 445 g/mol. The van der Waals surface area contributed by atoms with E-state index in [0.717, 1.165) is 12.1 Å². The van der Waals surface area contributed by atoms with Crippen LogP contribution < -0.4 is 4.74 Å². The number of fused-ring (bicyclic) bond motifs is 1. The van der Waals surface area contributed by atoms with Gasteiger partial charge < -0.3 is 19.7 Å². The van der Waals surface area contributed by atoms with E-state index in [4.69, 9.17) is 21.1 Å². The Morgan fingerprint density at radius 2 is 1.97 bits per heavy atom. The highest BCUT2D eigenvalue weighted by Crippen LogP contribution is 2.34. The van der Waals surface area contributed by atoms with Crippen molar-refractivity contribution in [2.24, 2.45) is 0 Å². The molecule has 8 nitrogen and oxygen atoms in total. The van der Waals surface area contributed by atoms with Crippen LogP contribution in [0.4, 0.5) is 13.2 Å². The second kappa shape index (κ2) is 7.65. The summed E-state index contributed by atoms with van der Waals surface area (Å²) in [5, 5.41) is 20.0. The average Bonchev–Trinajstić information content (AvgIpc) is 3.23. The summed E-state index contributed by atoms with van der Waals surface area (Å²) in [7, 11) is 0. The quantitative estimate of drug-likeness (QED) is 0.637. The van der Waals surface area contributed by atoms with Gasteiger partial charge in [0.2, 0.25) is 5.88 Å². The summed E-state index contributed by atoms with van der Waals surface area (Å²) in [6.45, 7) is 1.48. The van der Waals surface area contributed by atoms with E-state index < -0.39 is 36.3 Å². The number of hydrogen-bond acceptors (Lipinski definition) is 7. The molecule has 0 bridgehead atoms. The third-order valence-electron chi connectivity index (χ3n) is 4.82. The summed E-state index contributed by atoms with van der Waals surface area (Å²) < 4.78 is 50.9. The summed E-state index contributed by atoms with van der Waals surface area (Å²) in [5.74, 6) is 0.0794. The maximum atomic E-state index is 12.8. The number of rotatable bonds is 4. The van der Waals surface area contributed by atoms with Gasteiger partial charge in [-0.2, -0.15) is 18.2 Å². The van der Waals surface area contributed by atoms with Gasteiger partial charge in [0.1, 0.15) is 25.1 Å². The fraction of sp³-hybridized carbons (Fsp3) is 0.389. The Labute approximate surface area is 172 Å². The number of aliphatic hydroxyl groups is 2. The zero-order chi connectivity index (χ0) is 21.6. The molecule has 12 heteroatoms. The molecule has 3 aromatic rings. The van der Waals surface area contributed by atoms with Crippen molar-refractivity contribution in [2.75, 3.05) is 0 Å². The maximum absolute atomic E-state index is 12.8. The first-order valence-corrected chi connectivity index (χ1v) is 9.22. The third-order valence-corrected chi connectivity index (χ3v) is 5.17. The molecule has 0 saturated carbocycles. The van der Waals surface area contributed by atoms with E-state index in [9.17, 15) is 23.4 Å². The summed E-state index contributed by atoms with van der Waals surface area (Å²) in [6.07, 6.45) is -5.63. The lowest BCUT2D eigenvalue weighted by Crippen LogP contribution is -2.30. The molecule has 0 aliphatic carbocycles. The van der Waals surface area contributed by atoms with E-state index in [2.05, 4.69) is 15.0 Å². The van der Waals surface area contributed by atoms with Gasteiger partial charge in [-0.05, 0) is 19.1 Å². The predicted octanol–water partition coefficient (Wildman–Crippen LogP) is 2.72. The number of nitrogens with zero attached hydrogens (tertiary/aromatic N) is 4. The lowest BCUT2D eigenvalue weighted by atomic mass is 10.1. The molecule has 1 saturated heterocycles. The Balaban J connectivity index is 1.57. The van der Waals surface area contributed by atoms with Crippen molar-refractivity contribution < 1.29 is 32.9 Å². The van der Waals surface area contributed by atoms with Crippen LogP contribution in [-0.4, -0.2) is 48.0 Å². The van der Waals surface area contributed by atoms with Crippen LogP contribution in [0.25, 0.3) is 11.2 Å². The molecule has 1 aliphatic rings. The van der Waals surface area contributed by atoms with E-state index in [-0.39, 0.29) is 23.0 Å². The van der Waals surface area contributed by atoms with E-state index >= 15 is 0 Å². The highest BCUT2D eigenvalue weighted by atomic mass is 35.5. The number of imidazole rings is 1. The van der Waals surface area contributed by atoms with Crippen LogP contribution in [0, 0.1) is 0 Å². The Morgan fingerprint density at radius 1 is 1.20 bits per heavy atom. The highest BCUT2D eigenvalue weighted by Gasteiger charge is 2.42. The van der Waals surface area contributed by atoms with E-state index in [1.807, 2.05) is 0 Å². The van der Waals surface area contributed by atoms with Crippen molar-refractivity contribution in [3.63, 3.8) is 0 Å². The molecule has 3 heterocycles. The van der Waals surface area contributed by atoms with Gasteiger partial charge in [0.05, 0.1) is 18.0 Å². The van der Waals surface area contributed by atoms with Gasteiger partial charge in [-0.1, -0.05) is 17.7 Å². The largest absolute Gasteiger partial charge is 0.471 e. The number of ether oxygens (including phenoxy) is 2. The number of halogens is 4. The fourth-order valence-corrected chi connectivity index (χ4v) is 3.40. The molecule has 2 N–H and O–H groups in total. The summed E-state index contributed by atoms with van der Waals surface area (Å²) in [4.78, 5) is 12.3. The van der Waals surface area contributed by atoms with Gasteiger partial charge >= 0.3 is 6.18 Å². The van der Waals surface area contributed by atoms with Gasteiger partial charge in [0, 0.05) is 10.6 Å². The van der Waals surface area contributed by atoms with Crippen LogP contribution in [0.2, 0.25) is 5.02 Å². The molecule has 0 spiro atoms. The molecule has 30 heavy (non-hydrogen) atoms. The minimum atomic E-state index is -4.49. The number of aliphatic hydroxyl groups excluding tert-OH is 2. The van der Waals surface area contributed by atoms with Gasteiger partial charge in [-0.25, -0.2) is 9.97 Å². The van der Waals surface area contributed by atoms with Crippen LogP contribution in [0.1, 0.15) is 24.3 Å². The lowest BCUT2D eigenvalue weighted by molar-refractivity contribution is -0.137. The molecule has 1 aromatic carbocycles. The molecule has 0 radical (unpaired) electrons. The standard InChI is InChI=1S/C18H16ClF3N4O4/c1-8-13(27)14(28)17(30-8)26-7-25-12-15(26)23-6-24-16(12)29-5-9-2-3-10(4-11(9)19)18(20,21)22/h2-4,6-8,13-14,17,27-28H,5H2,1H3/t8-,13-,14-,17-/m1/s1. The molecule has 4 rings (SSSR count). The summed E-state index contributed by atoms with van der Waals surface area (Å²) in [6, 6.07) is 2.98. The zero-order valence-electron chi connectivity index (χ0n) is 15.4. The van der Waals surface area contributed by atoms with Gasteiger partial charge in [-0.3, -0.25) is 4.57 Å². The van der Waals surface area contributed by atoms with Crippen molar-refractivity contribution in [3.8, 4) is 5.88 Å². The van der Waals surface area contributed by atoms with Gasteiger partial charge in [-0.15, -0.1) is 0 Å². The van der Waals surface area contributed by atoms with Crippen LogP contribution >= 0.6 is 11.6 Å². The minimum Gasteiger partial charge on any atom is -0.471 e. The third kappa shape index (κ3) is 3.69. The predicted molar refractivity (Wildman–Crippen MR) is 97.7 cm³/mol. The summed E-state index contributed by atoms with van der Waals surface area (Å²) >= 11 is 5.95. The zero-order valence-corrected chi connectivity index (χ0v) is 16.2. The van der Waals surface area contributed by atoms with E-state index in [1.165, 1.54) is 23.3 Å². The van der Waals surface area contributed by atoms with Gasteiger partial charge in [0.15, 0.2) is 17.4 Å². The normalized spacial score (nSPS) is 24.5. The topological polar surface area (TPSA) is 103 Å². The van der Waals surface area contributed by atoms with Crippen molar-refractivity contribution in [1.29, 1.82) is 0 Å². The SMILES string of the molecule is C[C@H]1O[C@@H](n2cnc3c(OCc4ccc(C(F)(F)F)cc4Cl)ncnc32)[C@H](O)[C@@H]1O. The number of hydrogen-bond donors (Lipinski definition) is 2. The van der Waals surface area contributed by atoms with Crippen molar-refractivity contribution in [1.82, 2.24) is 19.5 Å². The molecular formula is C18H16ClF3N4O4. The first kappa shape index (κ1) is 20.8. The maximum Gasteiger partial charge on any atom is 0.416 e. The smallest absolute Gasteiger partial charge is 0.416 e. The van der Waals surface area contributed by atoms with Crippen LogP contribution in [-0.2, 0) is 17.5 Å². The lowest BCUT2D eigenvalue weighted by Gasteiger charge is -2.16. The Bertz CT molecular complexity index is 1080. The van der Waals surface area contributed by atoms with Crippen molar-refractivity contribution >= 4 is 22.8 Å². The van der Waals surface area contributed by atoms with Crippen molar-refractivity contribution in [3.05, 3.63) is 47.0 Å². The molecule has 0 unspecified atom stereocenters. The molecule has 4 atom stereocenters. The monoisotopic (exact) mass is 444 g/mol.